The highest BCUT2D eigenvalue weighted by molar-refractivity contribution is 7.80. The standard InChI is InChI=1S/C20H14S/c21-19-12-6-5-11-18(19)20-16-9-3-1-7-14(16)13-15-8-2-4-10-17(15)20/h1-13,21H. The number of fused-ring (bicyclic) bond motifs is 2. The van der Waals surface area contributed by atoms with Crippen LogP contribution in [0.5, 0.6) is 0 Å². The molecule has 0 atom stereocenters. The number of hydrogen-bond donors (Lipinski definition) is 1. The molecule has 1 heteroatoms. The molecule has 0 unspecified atom stereocenters. The van der Waals surface area contributed by atoms with E-state index in [2.05, 4.69) is 85.4 Å². The summed E-state index contributed by atoms with van der Waals surface area (Å²) in [6, 6.07) is 27.7. The highest BCUT2D eigenvalue weighted by Gasteiger charge is 2.11. The van der Waals surface area contributed by atoms with Crippen LogP contribution >= 0.6 is 12.6 Å². The van der Waals surface area contributed by atoms with E-state index in [0.717, 1.165) is 4.90 Å². The van der Waals surface area contributed by atoms with E-state index >= 15 is 0 Å². The van der Waals surface area contributed by atoms with Crippen LogP contribution in [0.4, 0.5) is 0 Å². The molecule has 0 nitrogen and oxygen atoms in total. The molecule has 0 aromatic heterocycles. The summed E-state index contributed by atoms with van der Waals surface area (Å²) in [5.74, 6) is 0. The third kappa shape index (κ3) is 2.01. The van der Waals surface area contributed by atoms with E-state index < -0.39 is 0 Å². The predicted molar refractivity (Wildman–Crippen MR) is 94.1 cm³/mol. The van der Waals surface area contributed by atoms with E-state index in [1.54, 1.807) is 0 Å². The molecule has 0 N–H and O–H groups in total. The SMILES string of the molecule is Sc1ccccc1-c1c2ccccc2cc2ccccc12. The largest absolute Gasteiger partial charge is 0.143 e. The lowest BCUT2D eigenvalue weighted by Gasteiger charge is -2.13. The van der Waals surface area contributed by atoms with Gasteiger partial charge in [0.1, 0.15) is 0 Å². The number of hydrogen-bond acceptors (Lipinski definition) is 1. The van der Waals surface area contributed by atoms with E-state index in [1.165, 1.54) is 32.7 Å². The second-order valence-corrected chi connectivity index (χ2v) is 5.69. The molecule has 4 aromatic carbocycles. The molecule has 0 aliphatic heterocycles. The number of thiol groups is 1. The van der Waals surface area contributed by atoms with Crippen molar-refractivity contribution in [2.45, 2.75) is 4.90 Å². The van der Waals surface area contributed by atoms with Crippen LogP contribution in [0.2, 0.25) is 0 Å². The molecular formula is C20H14S. The van der Waals surface area contributed by atoms with Gasteiger partial charge in [0.25, 0.3) is 0 Å². The molecule has 0 aliphatic carbocycles. The van der Waals surface area contributed by atoms with Gasteiger partial charge in [0.2, 0.25) is 0 Å². The summed E-state index contributed by atoms with van der Waals surface area (Å²) in [4.78, 5) is 1.01. The Labute approximate surface area is 129 Å². The monoisotopic (exact) mass is 286 g/mol. The van der Waals surface area contributed by atoms with Crippen molar-refractivity contribution in [1.29, 1.82) is 0 Å². The summed E-state index contributed by atoms with van der Waals surface area (Å²) in [6.45, 7) is 0. The molecule has 0 heterocycles. The Bertz CT molecular complexity index is 900. The molecule has 4 rings (SSSR count). The first-order chi connectivity index (χ1) is 10.3. The van der Waals surface area contributed by atoms with Gasteiger partial charge in [-0.25, -0.2) is 0 Å². The normalized spacial score (nSPS) is 11.1. The fraction of sp³-hybridized carbons (Fsp3) is 0. The third-order valence-electron chi connectivity index (χ3n) is 3.94. The Morgan fingerprint density at radius 1 is 0.571 bits per heavy atom. The molecule has 0 spiro atoms. The van der Waals surface area contributed by atoms with E-state index in [4.69, 9.17) is 0 Å². The Kier molecular flexibility index (Phi) is 2.94. The highest BCUT2D eigenvalue weighted by Crippen LogP contribution is 2.38. The van der Waals surface area contributed by atoms with Gasteiger partial charge >= 0.3 is 0 Å². The smallest absolute Gasteiger partial charge is 0.0119 e. The van der Waals surface area contributed by atoms with E-state index in [-0.39, 0.29) is 0 Å². The average molecular weight is 286 g/mol. The minimum Gasteiger partial charge on any atom is -0.143 e. The van der Waals surface area contributed by atoms with Gasteiger partial charge in [0, 0.05) is 4.90 Å². The van der Waals surface area contributed by atoms with Crippen LogP contribution in [0, 0.1) is 0 Å². The third-order valence-corrected chi connectivity index (χ3v) is 4.33. The predicted octanol–water partition coefficient (Wildman–Crippen LogP) is 5.95. The Hall–Kier alpha value is -2.25. The van der Waals surface area contributed by atoms with Gasteiger partial charge in [0.05, 0.1) is 0 Å². The van der Waals surface area contributed by atoms with Crippen molar-refractivity contribution < 1.29 is 0 Å². The topological polar surface area (TPSA) is 0 Å². The van der Waals surface area contributed by atoms with Crippen LogP contribution in [0.25, 0.3) is 32.7 Å². The summed E-state index contributed by atoms with van der Waals surface area (Å²) in [5, 5.41) is 5.08. The molecule has 100 valence electrons. The van der Waals surface area contributed by atoms with E-state index in [9.17, 15) is 0 Å². The number of benzene rings is 4. The minimum absolute atomic E-state index is 1.01. The fourth-order valence-electron chi connectivity index (χ4n) is 2.99. The average Bonchev–Trinajstić information content (AvgIpc) is 2.53. The highest BCUT2D eigenvalue weighted by atomic mass is 32.1. The van der Waals surface area contributed by atoms with Crippen molar-refractivity contribution in [2.75, 3.05) is 0 Å². The zero-order valence-electron chi connectivity index (χ0n) is 11.5. The maximum atomic E-state index is 4.66. The van der Waals surface area contributed by atoms with Crippen molar-refractivity contribution in [3.8, 4) is 11.1 Å². The quantitative estimate of drug-likeness (QED) is 0.324. The fourth-order valence-corrected chi connectivity index (χ4v) is 3.26. The first-order valence-corrected chi connectivity index (χ1v) is 7.48. The van der Waals surface area contributed by atoms with Crippen LogP contribution in [-0.2, 0) is 0 Å². The van der Waals surface area contributed by atoms with Crippen molar-refractivity contribution in [2.24, 2.45) is 0 Å². The van der Waals surface area contributed by atoms with Crippen molar-refractivity contribution >= 4 is 34.2 Å². The van der Waals surface area contributed by atoms with Gasteiger partial charge in [-0.2, -0.15) is 0 Å². The molecule has 0 aliphatic rings. The van der Waals surface area contributed by atoms with E-state index in [1.807, 2.05) is 6.07 Å². The summed E-state index contributed by atoms with van der Waals surface area (Å²) in [7, 11) is 0. The van der Waals surface area contributed by atoms with Crippen molar-refractivity contribution in [3.05, 3.63) is 78.9 Å². The summed E-state index contributed by atoms with van der Waals surface area (Å²) in [6.07, 6.45) is 0. The summed E-state index contributed by atoms with van der Waals surface area (Å²) < 4.78 is 0. The molecule has 0 saturated carbocycles. The van der Waals surface area contributed by atoms with Gasteiger partial charge in [-0.05, 0) is 44.8 Å². The van der Waals surface area contributed by atoms with Gasteiger partial charge in [-0.15, -0.1) is 12.6 Å². The van der Waals surface area contributed by atoms with Gasteiger partial charge in [0.15, 0.2) is 0 Å². The maximum absolute atomic E-state index is 4.66. The van der Waals surface area contributed by atoms with Gasteiger partial charge in [-0.1, -0.05) is 66.7 Å². The van der Waals surface area contributed by atoms with Crippen LogP contribution in [0.3, 0.4) is 0 Å². The molecule has 0 fully saturated rings. The Morgan fingerprint density at radius 2 is 1.10 bits per heavy atom. The molecule has 0 amide bonds. The van der Waals surface area contributed by atoms with Crippen LogP contribution < -0.4 is 0 Å². The lowest BCUT2D eigenvalue weighted by molar-refractivity contribution is 1.48. The first-order valence-electron chi connectivity index (χ1n) is 7.03. The molecule has 21 heavy (non-hydrogen) atoms. The Morgan fingerprint density at radius 3 is 1.71 bits per heavy atom. The first kappa shape index (κ1) is 12.5. The lowest BCUT2D eigenvalue weighted by atomic mass is 9.92. The summed E-state index contributed by atoms with van der Waals surface area (Å²) >= 11 is 4.66. The van der Waals surface area contributed by atoms with Crippen LogP contribution in [-0.4, -0.2) is 0 Å². The lowest BCUT2D eigenvalue weighted by Crippen LogP contribution is -1.86. The second kappa shape index (κ2) is 4.94. The van der Waals surface area contributed by atoms with Gasteiger partial charge < -0.3 is 0 Å². The molecule has 0 saturated heterocycles. The molecule has 4 aromatic rings. The van der Waals surface area contributed by atoms with E-state index in [0.29, 0.717) is 0 Å². The molecule has 0 bridgehead atoms. The van der Waals surface area contributed by atoms with Crippen molar-refractivity contribution in [3.63, 3.8) is 0 Å². The zero-order chi connectivity index (χ0) is 14.2. The second-order valence-electron chi connectivity index (χ2n) is 5.21. The minimum atomic E-state index is 1.01. The molecular weight excluding hydrogens is 272 g/mol. The Balaban J connectivity index is 2.25. The summed E-state index contributed by atoms with van der Waals surface area (Å²) in [5.41, 5.74) is 2.46. The number of rotatable bonds is 1. The van der Waals surface area contributed by atoms with Crippen LogP contribution in [0.1, 0.15) is 0 Å². The van der Waals surface area contributed by atoms with Crippen molar-refractivity contribution in [1.82, 2.24) is 0 Å². The maximum Gasteiger partial charge on any atom is 0.0119 e. The zero-order valence-corrected chi connectivity index (χ0v) is 12.3. The molecule has 0 radical (unpaired) electrons. The van der Waals surface area contributed by atoms with Gasteiger partial charge in [-0.3, -0.25) is 0 Å². The van der Waals surface area contributed by atoms with Crippen LogP contribution in [0.15, 0.2) is 83.8 Å².